The van der Waals surface area contributed by atoms with Crippen LogP contribution in [-0.4, -0.2) is 68.4 Å². The van der Waals surface area contributed by atoms with E-state index in [4.69, 9.17) is 10.5 Å². The summed E-state index contributed by atoms with van der Waals surface area (Å²) >= 11 is 0. The lowest BCUT2D eigenvalue weighted by molar-refractivity contribution is -0.119. The summed E-state index contributed by atoms with van der Waals surface area (Å²) in [5.41, 5.74) is 11.1. The van der Waals surface area contributed by atoms with E-state index in [0.29, 0.717) is 49.8 Å². The van der Waals surface area contributed by atoms with Gasteiger partial charge >= 0.3 is 12.1 Å². The van der Waals surface area contributed by atoms with Crippen LogP contribution in [0.4, 0.5) is 31.0 Å². The molecule has 4 amide bonds. The monoisotopic (exact) mass is 499 g/mol. The molecule has 1 atom stereocenters. The average molecular weight is 500 g/mol. The molecule has 0 bridgehead atoms. The van der Waals surface area contributed by atoms with Gasteiger partial charge in [-0.05, 0) is 35.9 Å². The number of cyclic esters (lactones) is 1. The number of benzene rings is 2. The summed E-state index contributed by atoms with van der Waals surface area (Å²) in [7, 11) is 0. The second-order valence-corrected chi connectivity index (χ2v) is 8.64. The molecule has 0 aliphatic carbocycles. The van der Waals surface area contributed by atoms with Gasteiger partial charge in [-0.25, -0.2) is 19.4 Å². The number of carbonyl (C=O) groups excluding carboxylic acids is 3. The Kier molecular flexibility index (Phi) is 7.74. The minimum atomic E-state index is -0.587. The molecular formula is C24H30FN7O4. The highest BCUT2D eigenvalue weighted by atomic mass is 19.1. The molecule has 0 spiro atoms. The number of nitrogen functional groups attached to an aromatic ring is 1. The quantitative estimate of drug-likeness (QED) is 0.442. The summed E-state index contributed by atoms with van der Waals surface area (Å²) in [6.07, 6.45) is -1.09. The zero-order valence-corrected chi connectivity index (χ0v) is 20.0. The Morgan fingerprint density at radius 1 is 1.17 bits per heavy atom. The number of carbonyl (C=O) groups is 3. The van der Waals surface area contributed by atoms with Gasteiger partial charge in [0, 0.05) is 38.8 Å². The minimum Gasteiger partial charge on any atom is -0.442 e. The first-order valence-electron chi connectivity index (χ1n) is 11.7. The number of hydrogen-bond donors (Lipinski definition) is 4. The van der Waals surface area contributed by atoms with Crippen LogP contribution in [0.1, 0.15) is 12.5 Å². The maximum Gasteiger partial charge on any atom is 0.414 e. The van der Waals surface area contributed by atoms with Gasteiger partial charge in [-0.3, -0.25) is 14.7 Å². The first-order valence-corrected chi connectivity index (χ1v) is 11.7. The topological polar surface area (TPSA) is 132 Å². The van der Waals surface area contributed by atoms with E-state index in [1.807, 2.05) is 17.0 Å². The number of nitrogens with two attached hydrogens (primary N) is 1. The van der Waals surface area contributed by atoms with Crippen molar-refractivity contribution < 1.29 is 23.5 Å². The fraction of sp³-hybridized carbons (Fsp3) is 0.375. The van der Waals surface area contributed by atoms with Crippen molar-refractivity contribution in [1.29, 1.82) is 0 Å². The van der Waals surface area contributed by atoms with Crippen molar-refractivity contribution in [2.75, 3.05) is 54.8 Å². The summed E-state index contributed by atoms with van der Waals surface area (Å²) in [5.74, 6) is -0.700. The third-order valence-corrected chi connectivity index (χ3v) is 5.95. The Balaban J connectivity index is 1.33. The van der Waals surface area contributed by atoms with Gasteiger partial charge in [0.1, 0.15) is 11.9 Å². The first-order chi connectivity index (χ1) is 17.3. The number of ether oxygens (including phenoxy) is 1. The molecule has 192 valence electrons. The molecule has 2 aromatic carbocycles. The van der Waals surface area contributed by atoms with Gasteiger partial charge in [0.15, 0.2) is 0 Å². The predicted molar refractivity (Wildman–Crippen MR) is 133 cm³/mol. The number of hydrazine groups is 1. The van der Waals surface area contributed by atoms with E-state index in [2.05, 4.69) is 16.1 Å². The first kappa shape index (κ1) is 25.0. The summed E-state index contributed by atoms with van der Waals surface area (Å²) < 4.78 is 20.3. The fourth-order valence-electron chi connectivity index (χ4n) is 4.14. The molecule has 2 fully saturated rings. The number of urea groups is 1. The molecule has 2 saturated heterocycles. The molecule has 2 heterocycles. The van der Waals surface area contributed by atoms with E-state index in [1.54, 1.807) is 24.3 Å². The number of hydrogen-bond acceptors (Lipinski definition) is 7. The Hall–Kier alpha value is -4.06. The van der Waals surface area contributed by atoms with Gasteiger partial charge in [0.25, 0.3) is 0 Å². The van der Waals surface area contributed by atoms with E-state index in [1.165, 1.54) is 22.9 Å². The molecule has 36 heavy (non-hydrogen) atoms. The van der Waals surface area contributed by atoms with Gasteiger partial charge in [0.2, 0.25) is 5.91 Å². The van der Waals surface area contributed by atoms with Crippen LogP contribution in [0.2, 0.25) is 0 Å². The SMILES string of the molecule is CC(=O)NC[C@H]1CN(c2ccc(N3CCNN(C(=O)NCc4cccc(N)c4)CC3)c(F)c2)C(=O)O1. The minimum absolute atomic E-state index is 0.197. The lowest BCUT2D eigenvalue weighted by Gasteiger charge is -2.24. The Morgan fingerprint density at radius 2 is 2.00 bits per heavy atom. The highest BCUT2D eigenvalue weighted by Crippen LogP contribution is 2.28. The lowest BCUT2D eigenvalue weighted by Crippen LogP contribution is -2.48. The number of rotatable bonds is 6. The third kappa shape index (κ3) is 6.13. The predicted octanol–water partition coefficient (Wildman–Crippen LogP) is 1.41. The number of nitrogens with zero attached hydrogens (tertiary/aromatic N) is 3. The smallest absolute Gasteiger partial charge is 0.414 e. The molecule has 2 aliphatic heterocycles. The van der Waals surface area contributed by atoms with Crippen molar-refractivity contribution in [2.24, 2.45) is 0 Å². The maximum absolute atomic E-state index is 15.1. The zero-order chi connectivity index (χ0) is 25.7. The van der Waals surface area contributed by atoms with Gasteiger partial charge in [-0.15, -0.1) is 0 Å². The number of halogens is 1. The van der Waals surface area contributed by atoms with E-state index in [-0.39, 0.29) is 25.0 Å². The van der Waals surface area contributed by atoms with Gasteiger partial charge in [0.05, 0.1) is 31.0 Å². The van der Waals surface area contributed by atoms with Crippen LogP contribution < -0.4 is 31.6 Å². The molecule has 2 aliphatic rings. The summed E-state index contributed by atoms with van der Waals surface area (Å²) in [4.78, 5) is 39.1. The van der Waals surface area contributed by atoms with E-state index < -0.39 is 18.0 Å². The Bertz CT molecular complexity index is 1130. The molecule has 0 aromatic heterocycles. The molecule has 12 heteroatoms. The van der Waals surface area contributed by atoms with Crippen molar-refractivity contribution in [3.05, 3.63) is 53.8 Å². The highest BCUT2D eigenvalue weighted by Gasteiger charge is 2.33. The van der Waals surface area contributed by atoms with E-state index in [0.717, 1.165) is 5.56 Å². The van der Waals surface area contributed by atoms with Crippen LogP contribution in [0.5, 0.6) is 0 Å². The van der Waals surface area contributed by atoms with Crippen LogP contribution in [0.25, 0.3) is 0 Å². The van der Waals surface area contributed by atoms with Crippen LogP contribution in [0.15, 0.2) is 42.5 Å². The third-order valence-electron chi connectivity index (χ3n) is 5.95. The van der Waals surface area contributed by atoms with Gasteiger partial charge in [-0.2, -0.15) is 0 Å². The standard InChI is InChI=1S/C24H30FN7O4/c1-16(33)27-14-20-15-31(24(35)36-20)19-5-6-22(21(25)12-19)30-8-7-29-32(10-9-30)23(34)28-13-17-3-2-4-18(26)11-17/h2-6,11-12,20,29H,7-10,13-15,26H2,1H3,(H,27,33)(H,28,34)/t20-/m0/s1. The molecule has 0 saturated carbocycles. The van der Waals surface area contributed by atoms with Crippen LogP contribution >= 0.6 is 0 Å². The summed E-state index contributed by atoms with van der Waals surface area (Å²) in [6, 6.07) is 11.6. The summed E-state index contributed by atoms with van der Waals surface area (Å²) in [6.45, 7) is 3.82. The van der Waals surface area contributed by atoms with Crippen molar-refractivity contribution in [3.63, 3.8) is 0 Å². The molecule has 11 nitrogen and oxygen atoms in total. The van der Waals surface area contributed by atoms with Crippen molar-refractivity contribution in [3.8, 4) is 0 Å². The fourth-order valence-corrected chi connectivity index (χ4v) is 4.14. The van der Waals surface area contributed by atoms with Crippen LogP contribution in [0.3, 0.4) is 0 Å². The largest absolute Gasteiger partial charge is 0.442 e. The lowest BCUT2D eigenvalue weighted by atomic mass is 10.2. The average Bonchev–Trinajstić information content (AvgIpc) is 3.05. The summed E-state index contributed by atoms with van der Waals surface area (Å²) in [5, 5.41) is 6.95. The molecule has 0 radical (unpaired) electrons. The normalized spacial score (nSPS) is 18.0. The van der Waals surface area contributed by atoms with E-state index in [9.17, 15) is 14.4 Å². The van der Waals surface area contributed by atoms with Gasteiger partial charge in [-0.1, -0.05) is 12.1 Å². The Morgan fingerprint density at radius 3 is 2.75 bits per heavy atom. The second kappa shape index (κ2) is 11.1. The molecular weight excluding hydrogens is 469 g/mol. The Labute approximate surface area is 208 Å². The molecule has 2 aromatic rings. The van der Waals surface area contributed by atoms with Crippen molar-refractivity contribution >= 4 is 35.1 Å². The van der Waals surface area contributed by atoms with Crippen molar-refractivity contribution in [1.82, 2.24) is 21.1 Å². The number of nitrogens with one attached hydrogen (secondary N) is 3. The molecule has 0 unspecified atom stereocenters. The van der Waals surface area contributed by atoms with Crippen LogP contribution in [-0.2, 0) is 16.1 Å². The van der Waals surface area contributed by atoms with Crippen molar-refractivity contribution in [2.45, 2.75) is 19.6 Å². The van der Waals surface area contributed by atoms with E-state index >= 15 is 4.39 Å². The number of amides is 4. The zero-order valence-electron chi connectivity index (χ0n) is 20.0. The molecule has 4 rings (SSSR count). The molecule has 5 N–H and O–H groups in total. The van der Waals surface area contributed by atoms with Gasteiger partial charge < -0.3 is 26.0 Å². The number of anilines is 3. The maximum atomic E-state index is 15.1. The second-order valence-electron chi connectivity index (χ2n) is 8.64. The highest BCUT2D eigenvalue weighted by molar-refractivity contribution is 5.90. The van der Waals surface area contributed by atoms with Crippen LogP contribution in [0, 0.1) is 5.82 Å².